The van der Waals surface area contributed by atoms with Crippen molar-refractivity contribution in [2.75, 3.05) is 6.61 Å². The van der Waals surface area contributed by atoms with Gasteiger partial charge in [-0.2, -0.15) is 0 Å². The highest BCUT2D eigenvalue weighted by Crippen LogP contribution is 2.31. The summed E-state index contributed by atoms with van der Waals surface area (Å²) >= 11 is 0. The molecule has 1 heterocycles. The number of nitrogens with zero attached hydrogens (tertiary/aromatic N) is 1. The first-order valence-electron chi connectivity index (χ1n) is 3.97. The van der Waals surface area contributed by atoms with Crippen LogP contribution in [0.25, 0.3) is 0 Å². The molecule has 0 radical (unpaired) electrons. The SMILES string of the molecule is CC(C)(C)C1=C(N=N)OCC=C1. The quantitative estimate of drug-likeness (QED) is 0.598. The number of hydrogen-bond donors (Lipinski definition) is 1. The fourth-order valence-corrected chi connectivity index (χ4v) is 1.11. The lowest BCUT2D eigenvalue weighted by Crippen LogP contribution is -2.13. The standard InChI is InChI=1S/C9H14N2O/c1-9(2,3)7-5-4-6-12-8(7)11-10/h4-5,10H,6H2,1-3H3. The lowest BCUT2D eigenvalue weighted by Gasteiger charge is -2.23. The van der Waals surface area contributed by atoms with E-state index in [4.69, 9.17) is 10.3 Å². The van der Waals surface area contributed by atoms with Crippen LogP contribution in [0.3, 0.4) is 0 Å². The van der Waals surface area contributed by atoms with Crippen LogP contribution in [0.4, 0.5) is 0 Å². The number of rotatable bonds is 1. The van der Waals surface area contributed by atoms with Crippen molar-refractivity contribution in [3.05, 3.63) is 23.6 Å². The third kappa shape index (κ3) is 1.72. The molecule has 1 N–H and O–H groups in total. The Balaban J connectivity index is 3.05. The summed E-state index contributed by atoms with van der Waals surface area (Å²) in [4.78, 5) is 0. The number of hydrogen-bond acceptors (Lipinski definition) is 3. The highest BCUT2D eigenvalue weighted by Gasteiger charge is 2.22. The van der Waals surface area contributed by atoms with Crippen LogP contribution in [0.5, 0.6) is 0 Å². The first kappa shape index (κ1) is 8.97. The normalized spacial score (nSPS) is 17.6. The molecule has 0 aromatic rings. The van der Waals surface area contributed by atoms with E-state index in [9.17, 15) is 0 Å². The Kier molecular flexibility index (Phi) is 2.31. The summed E-state index contributed by atoms with van der Waals surface area (Å²) in [6.45, 7) is 6.75. The van der Waals surface area contributed by atoms with Gasteiger partial charge in [0.05, 0.1) is 0 Å². The molecule has 3 heteroatoms. The van der Waals surface area contributed by atoms with Crippen molar-refractivity contribution in [3.8, 4) is 0 Å². The van der Waals surface area contributed by atoms with E-state index in [1.807, 2.05) is 12.2 Å². The predicted octanol–water partition coefficient (Wildman–Crippen LogP) is 2.86. The topological polar surface area (TPSA) is 45.4 Å². The minimum atomic E-state index is -0.00317. The van der Waals surface area contributed by atoms with Crippen LogP contribution in [0.1, 0.15) is 20.8 Å². The second-order valence-electron chi connectivity index (χ2n) is 3.79. The van der Waals surface area contributed by atoms with Gasteiger partial charge in [-0.3, -0.25) is 0 Å². The Hall–Kier alpha value is -1.12. The van der Waals surface area contributed by atoms with Crippen molar-refractivity contribution in [2.45, 2.75) is 20.8 Å². The minimum absolute atomic E-state index is 0.00317. The molecule has 66 valence electrons. The summed E-state index contributed by atoms with van der Waals surface area (Å²) in [5.41, 5.74) is 7.90. The smallest absolute Gasteiger partial charge is 0.236 e. The summed E-state index contributed by atoms with van der Waals surface area (Å²) < 4.78 is 5.20. The van der Waals surface area contributed by atoms with Gasteiger partial charge in [-0.1, -0.05) is 26.8 Å². The highest BCUT2D eigenvalue weighted by atomic mass is 16.5. The van der Waals surface area contributed by atoms with Crippen LogP contribution < -0.4 is 0 Å². The van der Waals surface area contributed by atoms with Crippen molar-refractivity contribution < 1.29 is 4.74 Å². The van der Waals surface area contributed by atoms with Gasteiger partial charge in [0.2, 0.25) is 5.88 Å². The molecule has 0 fully saturated rings. The Morgan fingerprint density at radius 1 is 1.50 bits per heavy atom. The Bertz CT molecular complexity index is 246. The van der Waals surface area contributed by atoms with E-state index in [2.05, 4.69) is 25.9 Å². The van der Waals surface area contributed by atoms with Crippen LogP contribution in [-0.2, 0) is 4.74 Å². The van der Waals surface area contributed by atoms with Gasteiger partial charge >= 0.3 is 0 Å². The maximum absolute atomic E-state index is 6.92. The van der Waals surface area contributed by atoms with Gasteiger partial charge in [0.1, 0.15) is 6.61 Å². The molecule has 0 unspecified atom stereocenters. The molecule has 12 heavy (non-hydrogen) atoms. The molecule has 0 saturated carbocycles. The lowest BCUT2D eigenvalue weighted by atomic mass is 9.86. The van der Waals surface area contributed by atoms with E-state index in [0.717, 1.165) is 5.57 Å². The maximum Gasteiger partial charge on any atom is 0.236 e. The van der Waals surface area contributed by atoms with Crippen LogP contribution in [0, 0.1) is 10.9 Å². The van der Waals surface area contributed by atoms with Gasteiger partial charge < -0.3 is 4.74 Å². The van der Waals surface area contributed by atoms with Crippen LogP contribution in [0.15, 0.2) is 28.7 Å². The summed E-state index contributed by atoms with van der Waals surface area (Å²) in [6, 6.07) is 0. The summed E-state index contributed by atoms with van der Waals surface area (Å²) in [5.74, 6) is 0.449. The second kappa shape index (κ2) is 3.09. The highest BCUT2D eigenvalue weighted by molar-refractivity contribution is 5.29. The van der Waals surface area contributed by atoms with E-state index in [1.165, 1.54) is 0 Å². The Morgan fingerprint density at radius 3 is 2.58 bits per heavy atom. The molecule has 0 aliphatic carbocycles. The largest absolute Gasteiger partial charge is 0.472 e. The molecule has 0 bridgehead atoms. The second-order valence-corrected chi connectivity index (χ2v) is 3.79. The molecular weight excluding hydrogens is 152 g/mol. The molecule has 0 aromatic carbocycles. The molecule has 0 saturated heterocycles. The van der Waals surface area contributed by atoms with Crippen molar-refractivity contribution in [3.63, 3.8) is 0 Å². The third-order valence-corrected chi connectivity index (χ3v) is 1.74. The Morgan fingerprint density at radius 2 is 2.17 bits per heavy atom. The fraction of sp³-hybridized carbons (Fsp3) is 0.556. The van der Waals surface area contributed by atoms with Crippen molar-refractivity contribution in [1.29, 1.82) is 5.53 Å². The third-order valence-electron chi connectivity index (χ3n) is 1.74. The zero-order valence-electron chi connectivity index (χ0n) is 7.72. The molecule has 1 aliphatic rings. The van der Waals surface area contributed by atoms with Crippen LogP contribution >= 0.6 is 0 Å². The zero-order chi connectivity index (χ0) is 9.19. The van der Waals surface area contributed by atoms with Crippen molar-refractivity contribution in [2.24, 2.45) is 10.5 Å². The van der Waals surface area contributed by atoms with E-state index in [1.54, 1.807) is 0 Å². The monoisotopic (exact) mass is 166 g/mol. The fourth-order valence-electron chi connectivity index (χ4n) is 1.11. The molecule has 0 atom stereocenters. The number of allylic oxidation sites excluding steroid dienone is 2. The molecule has 1 aliphatic heterocycles. The molecule has 0 amide bonds. The maximum atomic E-state index is 6.92. The minimum Gasteiger partial charge on any atom is -0.472 e. The van der Waals surface area contributed by atoms with Gasteiger partial charge in [-0.05, 0) is 11.5 Å². The van der Waals surface area contributed by atoms with Gasteiger partial charge in [-0.25, -0.2) is 5.53 Å². The molecule has 3 nitrogen and oxygen atoms in total. The van der Waals surface area contributed by atoms with E-state index in [0.29, 0.717) is 12.5 Å². The van der Waals surface area contributed by atoms with Gasteiger partial charge in [0.25, 0.3) is 0 Å². The van der Waals surface area contributed by atoms with Gasteiger partial charge in [-0.15, -0.1) is 5.11 Å². The Labute approximate surface area is 72.6 Å². The average Bonchev–Trinajstić information content (AvgIpc) is 2.03. The molecular formula is C9H14N2O. The van der Waals surface area contributed by atoms with Crippen LogP contribution in [-0.4, -0.2) is 6.61 Å². The molecule has 1 rings (SSSR count). The molecule has 0 aromatic heterocycles. The molecule has 0 spiro atoms. The first-order valence-corrected chi connectivity index (χ1v) is 3.97. The van der Waals surface area contributed by atoms with E-state index in [-0.39, 0.29) is 5.41 Å². The lowest BCUT2D eigenvalue weighted by molar-refractivity contribution is 0.222. The summed E-state index contributed by atoms with van der Waals surface area (Å²) in [5, 5.41) is 3.35. The number of nitrogens with one attached hydrogen (secondary N) is 1. The average molecular weight is 166 g/mol. The van der Waals surface area contributed by atoms with Crippen LogP contribution in [0.2, 0.25) is 0 Å². The summed E-state index contributed by atoms with van der Waals surface area (Å²) in [6.07, 6.45) is 3.92. The van der Waals surface area contributed by atoms with E-state index >= 15 is 0 Å². The summed E-state index contributed by atoms with van der Waals surface area (Å²) in [7, 11) is 0. The predicted molar refractivity (Wildman–Crippen MR) is 46.7 cm³/mol. The van der Waals surface area contributed by atoms with Crippen molar-refractivity contribution >= 4 is 0 Å². The first-order chi connectivity index (χ1) is 5.55. The van der Waals surface area contributed by atoms with Gasteiger partial charge in [0.15, 0.2) is 0 Å². The zero-order valence-corrected chi connectivity index (χ0v) is 7.72. The van der Waals surface area contributed by atoms with Crippen molar-refractivity contribution in [1.82, 2.24) is 0 Å². The van der Waals surface area contributed by atoms with E-state index < -0.39 is 0 Å². The number of ether oxygens (including phenoxy) is 1. The van der Waals surface area contributed by atoms with Gasteiger partial charge in [0, 0.05) is 5.57 Å².